The number of rotatable bonds is 6. The largest absolute Gasteiger partial charge is 0.463 e. The van der Waals surface area contributed by atoms with Crippen LogP contribution in [0.1, 0.15) is 25.8 Å². The summed E-state index contributed by atoms with van der Waals surface area (Å²) in [5.74, 6) is 0.625. The summed E-state index contributed by atoms with van der Waals surface area (Å²) < 4.78 is 11.2. The van der Waals surface area contributed by atoms with E-state index in [2.05, 4.69) is 50.4 Å². The molecule has 0 spiro atoms. The Morgan fingerprint density at radius 1 is 1.32 bits per heavy atom. The van der Waals surface area contributed by atoms with Crippen molar-refractivity contribution in [2.45, 2.75) is 45.1 Å². The zero-order valence-electron chi connectivity index (χ0n) is 17.1. The zero-order valence-corrected chi connectivity index (χ0v) is 17.1. The third-order valence-electron chi connectivity index (χ3n) is 5.14. The van der Waals surface area contributed by atoms with Gasteiger partial charge in [-0.3, -0.25) is 14.7 Å². The van der Waals surface area contributed by atoms with Gasteiger partial charge in [0.05, 0.1) is 31.3 Å². The number of guanidine groups is 1. The van der Waals surface area contributed by atoms with Crippen LogP contribution in [0.2, 0.25) is 0 Å². The molecule has 7 heteroatoms. The summed E-state index contributed by atoms with van der Waals surface area (Å²) >= 11 is 0. The molecule has 1 aromatic rings. The molecule has 0 aliphatic carbocycles. The van der Waals surface area contributed by atoms with Gasteiger partial charge in [-0.25, -0.2) is 0 Å². The number of aliphatic imine (C=N–C) groups is 1. The molecule has 0 aromatic heterocycles. The van der Waals surface area contributed by atoms with Crippen LogP contribution < -0.4 is 5.32 Å². The van der Waals surface area contributed by atoms with Crippen molar-refractivity contribution in [3.05, 3.63) is 35.9 Å². The molecule has 0 amide bonds. The Hall–Kier alpha value is -2.12. The molecule has 2 atom stereocenters. The van der Waals surface area contributed by atoms with E-state index in [1.165, 1.54) is 5.56 Å². The van der Waals surface area contributed by atoms with Crippen molar-refractivity contribution < 1.29 is 14.3 Å². The fourth-order valence-electron chi connectivity index (χ4n) is 3.88. The molecule has 2 unspecified atom stereocenters. The highest BCUT2D eigenvalue weighted by atomic mass is 16.5. The minimum absolute atomic E-state index is 0.0822. The first-order valence-electron chi connectivity index (χ1n) is 10.1. The Labute approximate surface area is 167 Å². The lowest BCUT2D eigenvalue weighted by atomic mass is 10.1. The molecular weight excluding hydrogens is 356 g/mol. The van der Waals surface area contributed by atoms with Gasteiger partial charge in [0.2, 0.25) is 0 Å². The molecule has 2 aliphatic rings. The van der Waals surface area contributed by atoms with Crippen molar-refractivity contribution in [2.24, 2.45) is 4.99 Å². The summed E-state index contributed by atoms with van der Waals surface area (Å²) in [4.78, 5) is 20.9. The average Bonchev–Trinajstić information content (AvgIpc) is 3.10. The highest BCUT2D eigenvalue weighted by molar-refractivity contribution is 5.81. The quantitative estimate of drug-likeness (QED) is 0.453. The summed E-state index contributed by atoms with van der Waals surface area (Å²) in [5.41, 5.74) is 1.33. The average molecular weight is 389 g/mol. The minimum atomic E-state index is -0.189. The first kappa shape index (κ1) is 20.6. The molecule has 1 N–H and O–H groups in total. The molecular formula is C21H32N4O3. The summed E-state index contributed by atoms with van der Waals surface area (Å²) in [6, 6.07) is 10.9. The predicted octanol–water partition coefficient (Wildman–Crippen LogP) is 1.49. The number of benzene rings is 1. The monoisotopic (exact) mass is 388 g/mol. The van der Waals surface area contributed by atoms with E-state index < -0.39 is 0 Å². The first-order valence-corrected chi connectivity index (χ1v) is 10.1. The van der Waals surface area contributed by atoms with Crippen molar-refractivity contribution in [3.63, 3.8) is 0 Å². The lowest BCUT2D eigenvalue weighted by molar-refractivity contribution is -0.147. The van der Waals surface area contributed by atoms with Crippen LogP contribution >= 0.6 is 0 Å². The Bertz CT molecular complexity index is 665. The summed E-state index contributed by atoms with van der Waals surface area (Å²) in [6.07, 6.45) is 0.428. The van der Waals surface area contributed by atoms with E-state index >= 15 is 0 Å². The fraction of sp³-hybridized carbons (Fsp3) is 0.619. The van der Waals surface area contributed by atoms with Crippen LogP contribution in [0.25, 0.3) is 0 Å². The maximum absolute atomic E-state index is 11.7. The van der Waals surface area contributed by atoms with Gasteiger partial charge < -0.3 is 19.7 Å². The number of nitrogens with zero attached hydrogens (tertiary/aromatic N) is 3. The number of nitrogens with one attached hydrogen (secondary N) is 1. The molecule has 0 saturated carbocycles. The molecule has 2 saturated heterocycles. The fourth-order valence-corrected chi connectivity index (χ4v) is 3.88. The van der Waals surface area contributed by atoms with Crippen LogP contribution in [-0.4, -0.2) is 79.8 Å². The molecule has 0 radical (unpaired) electrons. The van der Waals surface area contributed by atoms with Gasteiger partial charge in [-0.1, -0.05) is 30.3 Å². The van der Waals surface area contributed by atoms with E-state index in [4.69, 9.17) is 9.47 Å². The van der Waals surface area contributed by atoms with E-state index in [0.29, 0.717) is 19.0 Å². The second-order valence-electron chi connectivity index (χ2n) is 7.60. The second-order valence-corrected chi connectivity index (χ2v) is 7.60. The van der Waals surface area contributed by atoms with E-state index in [1.54, 1.807) is 7.05 Å². The topological polar surface area (TPSA) is 66.4 Å². The summed E-state index contributed by atoms with van der Waals surface area (Å²) in [6.45, 7) is 8.55. The highest BCUT2D eigenvalue weighted by Crippen LogP contribution is 2.24. The maximum Gasteiger partial charge on any atom is 0.307 e. The number of ether oxygens (including phenoxy) is 2. The number of likely N-dealkylation sites (tertiary alicyclic amines) is 1. The number of carbonyl (C=O) groups excluding carboxylic acids is 1. The molecule has 2 aliphatic heterocycles. The van der Waals surface area contributed by atoms with Gasteiger partial charge in [0.15, 0.2) is 5.96 Å². The number of hydrogen-bond donors (Lipinski definition) is 1. The van der Waals surface area contributed by atoms with Crippen molar-refractivity contribution in [2.75, 3.05) is 39.8 Å². The number of morpholine rings is 1. The van der Waals surface area contributed by atoms with Gasteiger partial charge in [-0.05, 0) is 19.4 Å². The van der Waals surface area contributed by atoms with Crippen LogP contribution in [-0.2, 0) is 20.8 Å². The SMILES string of the molecule is CN=C(NCCC(=O)OC(C)C)N1CC2OCCN(Cc3ccccc3)C2C1. The third-order valence-corrected chi connectivity index (χ3v) is 5.14. The van der Waals surface area contributed by atoms with Gasteiger partial charge in [0, 0.05) is 39.8 Å². The van der Waals surface area contributed by atoms with Crippen LogP contribution in [0, 0.1) is 0 Å². The Morgan fingerprint density at radius 2 is 2.11 bits per heavy atom. The number of esters is 1. The van der Waals surface area contributed by atoms with Crippen LogP contribution in [0.3, 0.4) is 0 Å². The molecule has 154 valence electrons. The van der Waals surface area contributed by atoms with Gasteiger partial charge in [-0.2, -0.15) is 0 Å². The Morgan fingerprint density at radius 3 is 2.82 bits per heavy atom. The smallest absolute Gasteiger partial charge is 0.307 e. The number of hydrogen-bond acceptors (Lipinski definition) is 5. The molecule has 7 nitrogen and oxygen atoms in total. The predicted molar refractivity (Wildman–Crippen MR) is 109 cm³/mol. The standard InChI is InChI=1S/C21H32N4O3/c1-16(2)28-20(26)9-10-23-21(22-3)25-14-18-19(15-25)27-12-11-24(18)13-17-7-5-4-6-8-17/h4-8,16,18-19H,9-15H2,1-3H3,(H,22,23). The molecule has 3 rings (SSSR count). The summed E-state index contributed by atoms with van der Waals surface area (Å²) in [5, 5.41) is 3.29. The lowest BCUT2D eigenvalue weighted by Gasteiger charge is -2.36. The lowest BCUT2D eigenvalue weighted by Crippen LogP contribution is -2.50. The zero-order chi connectivity index (χ0) is 19.9. The van der Waals surface area contributed by atoms with Crippen LogP contribution in [0.4, 0.5) is 0 Å². The van der Waals surface area contributed by atoms with Crippen molar-refractivity contribution in [3.8, 4) is 0 Å². The molecule has 2 heterocycles. The normalized spacial score (nSPS) is 23.0. The number of carbonyl (C=O) groups is 1. The maximum atomic E-state index is 11.7. The Balaban J connectivity index is 1.53. The number of fused-ring (bicyclic) bond motifs is 1. The molecule has 1 aromatic carbocycles. The third kappa shape index (κ3) is 5.45. The molecule has 0 bridgehead atoms. The van der Waals surface area contributed by atoms with Gasteiger partial charge in [0.1, 0.15) is 0 Å². The van der Waals surface area contributed by atoms with E-state index in [9.17, 15) is 4.79 Å². The van der Waals surface area contributed by atoms with Crippen LogP contribution in [0.5, 0.6) is 0 Å². The van der Waals surface area contributed by atoms with Crippen molar-refractivity contribution in [1.29, 1.82) is 0 Å². The van der Waals surface area contributed by atoms with Gasteiger partial charge in [-0.15, -0.1) is 0 Å². The van der Waals surface area contributed by atoms with Gasteiger partial charge >= 0.3 is 5.97 Å². The van der Waals surface area contributed by atoms with Crippen molar-refractivity contribution >= 4 is 11.9 Å². The molecule has 28 heavy (non-hydrogen) atoms. The highest BCUT2D eigenvalue weighted by Gasteiger charge is 2.41. The molecule has 2 fully saturated rings. The Kier molecular flexibility index (Phi) is 7.28. The first-order chi connectivity index (χ1) is 13.6. The van der Waals surface area contributed by atoms with Gasteiger partial charge in [0.25, 0.3) is 0 Å². The second kappa shape index (κ2) is 9.89. The van der Waals surface area contributed by atoms with E-state index in [-0.39, 0.29) is 18.2 Å². The van der Waals surface area contributed by atoms with E-state index in [1.807, 2.05) is 13.8 Å². The minimum Gasteiger partial charge on any atom is -0.463 e. The summed E-state index contributed by atoms with van der Waals surface area (Å²) in [7, 11) is 1.78. The van der Waals surface area contributed by atoms with Crippen molar-refractivity contribution in [1.82, 2.24) is 15.1 Å². The van der Waals surface area contributed by atoms with Crippen LogP contribution in [0.15, 0.2) is 35.3 Å². The van der Waals surface area contributed by atoms with E-state index in [0.717, 1.165) is 38.7 Å².